The topological polar surface area (TPSA) is 95.4 Å². The molecule has 0 saturated carbocycles. The summed E-state index contributed by atoms with van der Waals surface area (Å²) in [7, 11) is 1.55. The average Bonchev–Trinajstić information content (AvgIpc) is 3.08. The summed E-state index contributed by atoms with van der Waals surface area (Å²) < 4.78 is 0. The molecular formula is C20H19N5O3. The number of oxime groups is 1. The van der Waals surface area contributed by atoms with Crippen molar-refractivity contribution in [1.82, 2.24) is 15.5 Å². The van der Waals surface area contributed by atoms with Crippen molar-refractivity contribution in [3.8, 4) is 0 Å². The van der Waals surface area contributed by atoms with E-state index in [0.29, 0.717) is 24.8 Å². The van der Waals surface area contributed by atoms with E-state index in [2.05, 4.69) is 20.8 Å². The van der Waals surface area contributed by atoms with Gasteiger partial charge in [0.25, 0.3) is 5.91 Å². The molecule has 2 aromatic carbocycles. The molecule has 2 aliphatic rings. The van der Waals surface area contributed by atoms with Gasteiger partial charge in [-0.3, -0.25) is 14.9 Å². The van der Waals surface area contributed by atoms with E-state index in [1.54, 1.807) is 7.05 Å². The molecule has 0 radical (unpaired) electrons. The van der Waals surface area contributed by atoms with Crippen LogP contribution < -0.4 is 10.6 Å². The summed E-state index contributed by atoms with van der Waals surface area (Å²) in [5.41, 5.74) is 4.15. The van der Waals surface area contributed by atoms with Crippen molar-refractivity contribution in [1.29, 1.82) is 0 Å². The number of likely N-dealkylation sites (N-methyl/N-ethyl adjacent to an activating group) is 1. The number of guanidine groups is 1. The summed E-state index contributed by atoms with van der Waals surface area (Å²) >= 11 is 0. The van der Waals surface area contributed by atoms with E-state index in [1.165, 1.54) is 0 Å². The summed E-state index contributed by atoms with van der Waals surface area (Å²) in [5.74, 6) is 0.284. The van der Waals surface area contributed by atoms with Gasteiger partial charge in [-0.15, -0.1) is 0 Å². The van der Waals surface area contributed by atoms with E-state index < -0.39 is 0 Å². The summed E-state index contributed by atoms with van der Waals surface area (Å²) in [6.07, 6.45) is 0. The fraction of sp³-hybridized carbons (Fsp3) is 0.200. The largest absolute Gasteiger partial charge is 0.385 e. The van der Waals surface area contributed by atoms with Gasteiger partial charge in [0.15, 0.2) is 6.61 Å². The fourth-order valence-electron chi connectivity index (χ4n) is 3.10. The number of aliphatic imine (C=N–C) groups is 1. The lowest BCUT2D eigenvalue weighted by atomic mass is 9.99. The molecule has 142 valence electrons. The monoisotopic (exact) mass is 377 g/mol. The number of benzene rings is 2. The molecule has 2 heterocycles. The molecule has 1 saturated heterocycles. The Hall–Kier alpha value is -3.68. The molecule has 8 nitrogen and oxygen atoms in total. The van der Waals surface area contributed by atoms with E-state index >= 15 is 0 Å². The third kappa shape index (κ3) is 3.57. The number of carbonyl (C=O) groups excluding carboxylic acids is 2. The molecule has 0 bridgehead atoms. The van der Waals surface area contributed by atoms with Gasteiger partial charge in [0.05, 0.1) is 5.69 Å². The van der Waals surface area contributed by atoms with Gasteiger partial charge in [-0.05, 0) is 17.7 Å². The van der Waals surface area contributed by atoms with Gasteiger partial charge < -0.3 is 15.1 Å². The number of amides is 2. The van der Waals surface area contributed by atoms with Crippen molar-refractivity contribution in [3.63, 3.8) is 0 Å². The number of hydrogen-bond donors (Lipinski definition) is 2. The Labute approximate surface area is 161 Å². The molecule has 1 fully saturated rings. The van der Waals surface area contributed by atoms with Gasteiger partial charge in [0.2, 0.25) is 11.9 Å². The highest BCUT2D eigenvalue weighted by Crippen LogP contribution is 2.29. The molecule has 0 atom stereocenters. The zero-order valence-corrected chi connectivity index (χ0v) is 15.3. The minimum atomic E-state index is -0.255. The SMILES string of the molecule is CNC(=O)CON=C(c1ccccc1)c1ccc2c(c1)CN1CC(=O)NC1=N2. The van der Waals surface area contributed by atoms with Crippen molar-refractivity contribution < 1.29 is 14.4 Å². The second kappa shape index (κ2) is 7.51. The smallest absolute Gasteiger partial charge is 0.260 e. The number of nitrogens with one attached hydrogen (secondary N) is 2. The predicted molar refractivity (Wildman–Crippen MR) is 104 cm³/mol. The van der Waals surface area contributed by atoms with Crippen LogP contribution in [0, 0.1) is 0 Å². The molecule has 0 spiro atoms. The molecule has 0 aliphatic carbocycles. The zero-order valence-electron chi connectivity index (χ0n) is 15.3. The van der Waals surface area contributed by atoms with Crippen molar-refractivity contribution in [3.05, 3.63) is 65.2 Å². The highest BCUT2D eigenvalue weighted by atomic mass is 16.6. The maximum Gasteiger partial charge on any atom is 0.260 e. The van der Waals surface area contributed by atoms with E-state index in [4.69, 9.17) is 4.84 Å². The Bertz CT molecular complexity index is 985. The first-order valence-electron chi connectivity index (χ1n) is 8.87. The van der Waals surface area contributed by atoms with Gasteiger partial charge in [-0.1, -0.05) is 41.6 Å². The molecule has 2 aliphatic heterocycles. The summed E-state index contributed by atoms with van der Waals surface area (Å²) in [4.78, 5) is 34.7. The molecule has 2 N–H and O–H groups in total. The third-order valence-electron chi connectivity index (χ3n) is 4.50. The summed E-state index contributed by atoms with van der Waals surface area (Å²) in [6.45, 7) is 0.728. The second-order valence-corrected chi connectivity index (χ2v) is 6.44. The van der Waals surface area contributed by atoms with Gasteiger partial charge in [0, 0.05) is 24.7 Å². The van der Waals surface area contributed by atoms with Crippen LogP contribution in [0.25, 0.3) is 0 Å². The number of hydrogen-bond acceptors (Lipinski definition) is 6. The number of carbonyl (C=O) groups is 2. The van der Waals surface area contributed by atoms with Crippen LogP contribution in [-0.2, 0) is 21.0 Å². The highest BCUT2D eigenvalue weighted by Gasteiger charge is 2.29. The van der Waals surface area contributed by atoms with Crippen molar-refractivity contribution >= 4 is 29.2 Å². The van der Waals surface area contributed by atoms with Crippen LogP contribution in [-0.4, -0.2) is 48.6 Å². The van der Waals surface area contributed by atoms with Crippen LogP contribution in [0.15, 0.2) is 58.7 Å². The minimum Gasteiger partial charge on any atom is -0.385 e. The first-order chi connectivity index (χ1) is 13.6. The normalized spacial score (nSPS) is 15.3. The highest BCUT2D eigenvalue weighted by molar-refractivity contribution is 6.13. The van der Waals surface area contributed by atoms with Crippen molar-refractivity contribution in [2.24, 2.45) is 10.1 Å². The number of rotatable bonds is 5. The van der Waals surface area contributed by atoms with Crippen LogP contribution in [0.5, 0.6) is 0 Å². The Morgan fingerprint density at radius 2 is 2.04 bits per heavy atom. The Morgan fingerprint density at radius 1 is 1.21 bits per heavy atom. The fourth-order valence-corrected chi connectivity index (χ4v) is 3.10. The molecule has 0 unspecified atom stereocenters. The molecule has 0 aromatic heterocycles. The second-order valence-electron chi connectivity index (χ2n) is 6.44. The molecular weight excluding hydrogens is 358 g/mol. The summed E-state index contributed by atoms with van der Waals surface area (Å²) in [5, 5.41) is 9.48. The van der Waals surface area contributed by atoms with E-state index in [9.17, 15) is 9.59 Å². The van der Waals surface area contributed by atoms with Crippen molar-refractivity contribution in [2.75, 3.05) is 20.2 Å². The van der Waals surface area contributed by atoms with E-state index in [1.807, 2.05) is 53.4 Å². The lowest BCUT2D eigenvalue weighted by Crippen LogP contribution is -2.32. The van der Waals surface area contributed by atoms with Crippen LogP contribution >= 0.6 is 0 Å². The van der Waals surface area contributed by atoms with E-state index in [-0.39, 0.29) is 18.4 Å². The van der Waals surface area contributed by atoms with Crippen molar-refractivity contribution in [2.45, 2.75) is 6.54 Å². The summed E-state index contributed by atoms with van der Waals surface area (Å²) in [6, 6.07) is 15.4. The van der Waals surface area contributed by atoms with Crippen LogP contribution in [0.1, 0.15) is 16.7 Å². The van der Waals surface area contributed by atoms with Crippen LogP contribution in [0.4, 0.5) is 5.69 Å². The molecule has 28 heavy (non-hydrogen) atoms. The van der Waals surface area contributed by atoms with Gasteiger partial charge in [-0.25, -0.2) is 4.99 Å². The average molecular weight is 377 g/mol. The number of fused-ring (bicyclic) bond motifs is 2. The lowest BCUT2D eigenvalue weighted by Gasteiger charge is -2.23. The lowest BCUT2D eigenvalue weighted by molar-refractivity contribution is -0.125. The third-order valence-corrected chi connectivity index (χ3v) is 4.50. The first kappa shape index (κ1) is 17.7. The minimum absolute atomic E-state index is 0.0547. The Balaban J connectivity index is 1.66. The van der Waals surface area contributed by atoms with E-state index in [0.717, 1.165) is 22.4 Å². The van der Waals surface area contributed by atoms with Gasteiger partial charge in [0.1, 0.15) is 12.3 Å². The standard InChI is InChI=1S/C20H19N5O3/c1-21-18(27)12-28-24-19(13-5-3-2-4-6-13)14-7-8-16-15(9-14)10-25-11-17(26)23-20(25)22-16/h2-9H,10-12H2,1H3,(H,21,27)(H,22,23,26). The first-order valence-corrected chi connectivity index (χ1v) is 8.87. The van der Waals surface area contributed by atoms with Crippen LogP contribution in [0.2, 0.25) is 0 Å². The Kier molecular flexibility index (Phi) is 4.76. The quantitative estimate of drug-likeness (QED) is 0.603. The molecule has 4 rings (SSSR count). The molecule has 8 heteroatoms. The Morgan fingerprint density at radius 3 is 2.82 bits per heavy atom. The maximum atomic E-state index is 11.6. The maximum absolute atomic E-state index is 11.6. The zero-order chi connectivity index (χ0) is 19.5. The number of nitrogens with zero attached hydrogens (tertiary/aromatic N) is 3. The predicted octanol–water partition coefficient (Wildman–Crippen LogP) is 1.13. The molecule has 2 aromatic rings. The molecule has 2 amide bonds. The van der Waals surface area contributed by atoms with Gasteiger partial charge in [-0.2, -0.15) is 0 Å². The van der Waals surface area contributed by atoms with Gasteiger partial charge >= 0.3 is 0 Å². The van der Waals surface area contributed by atoms with Crippen LogP contribution in [0.3, 0.4) is 0 Å².